The van der Waals surface area contributed by atoms with Crippen LogP contribution in [0.1, 0.15) is 5.56 Å². The first-order valence-electron chi connectivity index (χ1n) is 13.2. The summed E-state index contributed by atoms with van der Waals surface area (Å²) in [5, 5.41) is 3.04. The van der Waals surface area contributed by atoms with Crippen LogP contribution in [-0.4, -0.2) is 79.2 Å². The largest absolute Gasteiger partial charge is 0.492 e. The number of hydrogen-bond acceptors (Lipinski definition) is 8. The van der Waals surface area contributed by atoms with E-state index in [1.165, 1.54) is 40.7 Å². The number of nitrogens with zero attached hydrogens (tertiary/aromatic N) is 2. The lowest BCUT2D eigenvalue weighted by atomic mass is 10.2. The van der Waals surface area contributed by atoms with E-state index in [4.69, 9.17) is 25.8 Å². The maximum Gasteiger partial charge on any atom is 0.264 e. The number of sulfonamides is 2. The number of morpholine rings is 1. The van der Waals surface area contributed by atoms with Gasteiger partial charge in [0, 0.05) is 18.1 Å². The van der Waals surface area contributed by atoms with Crippen molar-refractivity contribution in [1.29, 1.82) is 0 Å². The molecule has 14 heteroatoms. The molecule has 1 amide bonds. The lowest BCUT2D eigenvalue weighted by Crippen LogP contribution is -2.51. The van der Waals surface area contributed by atoms with Crippen LogP contribution in [0, 0.1) is 6.92 Å². The Morgan fingerprint density at radius 3 is 2.29 bits per heavy atom. The Hall–Kier alpha value is -3.36. The zero-order valence-electron chi connectivity index (χ0n) is 22.7. The van der Waals surface area contributed by atoms with Crippen molar-refractivity contribution in [1.82, 2.24) is 9.62 Å². The molecule has 0 unspecified atom stereocenters. The third kappa shape index (κ3) is 6.50. The van der Waals surface area contributed by atoms with Gasteiger partial charge < -0.3 is 19.5 Å². The molecule has 5 rings (SSSR count). The maximum atomic E-state index is 13.6. The maximum absolute atomic E-state index is 13.6. The topological polar surface area (TPSA) is 132 Å². The monoisotopic (exact) mass is 635 g/mol. The molecule has 2 heterocycles. The first-order valence-corrected chi connectivity index (χ1v) is 16.5. The molecule has 1 N–H and O–H groups in total. The van der Waals surface area contributed by atoms with Crippen LogP contribution < -0.4 is 19.1 Å². The molecule has 11 nitrogen and oxygen atoms in total. The summed E-state index contributed by atoms with van der Waals surface area (Å²) in [5.41, 5.74) is 1.15. The predicted octanol–water partition coefficient (Wildman–Crippen LogP) is 2.82. The fourth-order valence-corrected chi connectivity index (χ4v) is 7.57. The van der Waals surface area contributed by atoms with E-state index in [9.17, 15) is 21.6 Å². The van der Waals surface area contributed by atoms with E-state index < -0.39 is 32.1 Å². The number of carbonyl (C=O) groups excluding carboxylic acids is 1. The minimum atomic E-state index is -4.02. The predicted molar refractivity (Wildman–Crippen MR) is 156 cm³/mol. The number of carbonyl (C=O) groups is 1. The van der Waals surface area contributed by atoms with Crippen LogP contribution in [0.4, 0.5) is 5.69 Å². The fraction of sp³-hybridized carbons (Fsp3) is 0.321. The van der Waals surface area contributed by atoms with Gasteiger partial charge in [-0.15, -0.1) is 0 Å². The van der Waals surface area contributed by atoms with Crippen LogP contribution in [0.2, 0.25) is 5.02 Å². The van der Waals surface area contributed by atoms with Crippen molar-refractivity contribution in [2.24, 2.45) is 0 Å². The molecule has 224 valence electrons. The molecule has 42 heavy (non-hydrogen) atoms. The van der Waals surface area contributed by atoms with Gasteiger partial charge in [-0.2, -0.15) is 4.31 Å². The van der Waals surface area contributed by atoms with Crippen molar-refractivity contribution in [2.75, 3.05) is 50.3 Å². The number of fused-ring (bicyclic) bond motifs is 1. The van der Waals surface area contributed by atoms with Crippen molar-refractivity contribution in [3.63, 3.8) is 0 Å². The van der Waals surface area contributed by atoms with Gasteiger partial charge in [0.15, 0.2) is 6.10 Å². The number of rotatable bonds is 9. The highest BCUT2D eigenvalue weighted by atomic mass is 35.5. The molecule has 0 aliphatic carbocycles. The molecule has 2 aliphatic rings. The molecule has 3 aromatic carbocycles. The Morgan fingerprint density at radius 1 is 0.952 bits per heavy atom. The van der Waals surface area contributed by atoms with Crippen molar-refractivity contribution < 1.29 is 35.8 Å². The van der Waals surface area contributed by atoms with Crippen LogP contribution in [0.3, 0.4) is 0 Å². The SMILES string of the molecule is Cc1ccc(S(=O)(=O)N2C[C@H](C(=O)NCCOc3ccc(S(=O)(=O)N4CCOCC4)cc3)Oc3ccc(Cl)cc32)cc1. The summed E-state index contributed by atoms with van der Waals surface area (Å²) < 4.78 is 71.9. The third-order valence-electron chi connectivity index (χ3n) is 6.79. The van der Waals surface area contributed by atoms with E-state index in [-0.39, 0.29) is 40.9 Å². The number of halogens is 1. The number of aryl methyl sites for hydroxylation is 1. The summed E-state index contributed by atoms with van der Waals surface area (Å²) in [6, 6.07) is 17.1. The average Bonchev–Trinajstić information content (AvgIpc) is 2.99. The van der Waals surface area contributed by atoms with Gasteiger partial charge in [-0.05, 0) is 61.5 Å². The van der Waals surface area contributed by atoms with E-state index >= 15 is 0 Å². The van der Waals surface area contributed by atoms with Gasteiger partial charge in [0.25, 0.3) is 15.9 Å². The highest BCUT2D eigenvalue weighted by Gasteiger charge is 2.37. The zero-order valence-corrected chi connectivity index (χ0v) is 25.1. The van der Waals surface area contributed by atoms with Crippen LogP contribution in [0.15, 0.2) is 76.5 Å². The summed E-state index contributed by atoms with van der Waals surface area (Å²) in [6.45, 7) is 3.13. The zero-order chi connectivity index (χ0) is 29.9. The van der Waals surface area contributed by atoms with E-state index in [2.05, 4.69) is 5.32 Å². The highest BCUT2D eigenvalue weighted by molar-refractivity contribution is 7.92. The van der Waals surface area contributed by atoms with Crippen LogP contribution >= 0.6 is 11.6 Å². The second kappa shape index (κ2) is 12.5. The van der Waals surface area contributed by atoms with E-state index in [0.717, 1.165) is 9.87 Å². The number of nitrogens with one attached hydrogen (secondary N) is 1. The van der Waals surface area contributed by atoms with Crippen molar-refractivity contribution in [3.8, 4) is 11.5 Å². The molecule has 1 atom stereocenters. The number of anilines is 1. The van der Waals surface area contributed by atoms with Gasteiger partial charge in [0.1, 0.15) is 18.1 Å². The van der Waals surface area contributed by atoms with Gasteiger partial charge in [-0.25, -0.2) is 16.8 Å². The van der Waals surface area contributed by atoms with Gasteiger partial charge in [0.05, 0.1) is 41.8 Å². The van der Waals surface area contributed by atoms with Crippen LogP contribution in [-0.2, 0) is 29.6 Å². The molecule has 0 spiro atoms. The number of ether oxygens (including phenoxy) is 3. The molecule has 2 aliphatic heterocycles. The minimum absolute atomic E-state index is 0.0808. The number of benzene rings is 3. The Morgan fingerprint density at radius 2 is 1.60 bits per heavy atom. The van der Waals surface area contributed by atoms with Crippen molar-refractivity contribution in [2.45, 2.75) is 22.8 Å². The highest BCUT2D eigenvalue weighted by Crippen LogP contribution is 2.39. The molecular formula is C28H30ClN3O8S2. The van der Waals surface area contributed by atoms with E-state index in [1.807, 2.05) is 6.92 Å². The van der Waals surface area contributed by atoms with Gasteiger partial charge in [-0.1, -0.05) is 29.3 Å². The van der Waals surface area contributed by atoms with Crippen molar-refractivity contribution >= 4 is 43.2 Å². The second-order valence-electron chi connectivity index (χ2n) is 9.70. The van der Waals surface area contributed by atoms with E-state index in [0.29, 0.717) is 37.1 Å². The molecule has 0 bridgehead atoms. The Labute approximate surface area is 250 Å². The Kier molecular flexibility index (Phi) is 8.94. The molecule has 1 saturated heterocycles. The lowest BCUT2D eigenvalue weighted by molar-refractivity contribution is -0.127. The number of hydrogen-bond donors (Lipinski definition) is 1. The summed E-state index contributed by atoms with van der Waals surface area (Å²) in [6.07, 6.45) is -1.12. The molecule has 0 saturated carbocycles. The van der Waals surface area contributed by atoms with E-state index in [1.54, 1.807) is 30.3 Å². The Bertz CT molecular complexity index is 1640. The van der Waals surface area contributed by atoms with Crippen molar-refractivity contribution in [3.05, 3.63) is 77.3 Å². The van der Waals surface area contributed by atoms with Crippen LogP contribution in [0.25, 0.3) is 0 Å². The first kappa shape index (κ1) is 30.1. The standard InChI is InChI=1S/C28H30ClN3O8S2/c1-20-2-7-24(8-3-20)42(36,37)32-19-27(40-26-11-4-21(29)18-25(26)32)28(33)30-12-15-39-22-5-9-23(10-6-22)41(34,35)31-13-16-38-17-14-31/h2-11,18,27H,12-17,19H2,1H3,(H,30,33)/t27-/m1/s1. The van der Waals surface area contributed by atoms with Crippen LogP contribution in [0.5, 0.6) is 11.5 Å². The first-order chi connectivity index (χ1) is 20.1. The summed E-state index contributed by atoms with van der Waals surface area (Å²) in [7, 11) is -7.63. The third-order valence-corrected chi connectivity index (χ3v) is 10.7. The summed E-state index contributed by atoms with van der Waals surface area (Å²) >= 11 is 6.15. The summed E-state index contributed by atoms with van der Waals surface area (Å²) in [5.74, 6) is 0.125. The molecule has 1 fully saturated rings. The quantitative estimate of drug-likeness (QED) is 0.355. The molecule has 0 radical (unpaired) electrons. The van der Waals surface area contributed by atoms with Gasteiger partial charge in [0.2, 0.25) is 10.0 Å². The molecular weight excluding hydrogens is 606 g/mol. The minimum Gasteiger partial charge on any atom is -0.492 e. The van der Waals surface area contributed by atoms with Gasteiger partial charge >= 0.3 is 0 Å². The summed E-state index contributed by atoms with van der Waals surface area (Å²) in [4.78, 5) is 13.3. The normalized spacial score (nSPS) is 17.7. The van der Waals surface area contributed by atoms with Gasteiger partial charge in [-0.3, -0.25) is 9.10 Å². The second-order valence-corrected chi connectivity index (χ2v) is 13.9. The lowest BCUT2D eigenvalue weighted by Gasteiger charge is -2.34. The number of amides is 1. The average molecular weight is 636 g/mol. The smallest absolute Gasteiger partial charge is 0.264 e. The fourth-order valence-electron chi connectivity index (χ4n) is 4.53. The molecule has 0 aromatic heterocycles. The molecule has 3 aromatic rings. The Balaban J connectivity index is 1.20.